The van der Waals surface area contributed by atoms with Crippen LogP contribution in [0.1, 0.15) is 48.7 Å². The molecule has 0 aliphatic carbocycles. The second kappa shape index (κ2) is 13.7. The Morgan fingerprint density at radius 3 is 2.47 bits per heavy atom. The third-order valence-electron chi connectivity index (χ3n) is 5.42. The zero-order valence-corrected chi connectivity index (χ0v) is 21.9. The first kappa shape index (κ1) is 27.3. The van der Waals surface area contributed by atoms with Gasteiger partial charge in [0.05, 0.1) is 17.7 Å². The molecule has 0 radical (unpaired) electrons. The second-order valence-electron chi connectivity index (χ2n) is 8.64. The lowest BCUT2D eigenvalue weighted by atomic mass is 10.0. The highest BCUT2D eigenvalue weighted by atomic mass is 35.5. The van der Waals surface area contributed by atoms with Gasteiger partial charge in [-0.2, -0.15) is 0 Å². The van der Waals surface area contributed by atoms with Crippen LogP contribution in [0.2, 0.25) is 5.02 Å². The standard InChI is InChI=1S/C28H33ClN4O3/c1-5-22-10-7-11-24(29)26(22)27(34)32-25(36-35-4)12-6-9-21-13-15-23(16-14-21)33(19-20(2)3)28-30-17-8-18-31-28/h6-11,13-18,20,25H,5,12,19H2,1-4H3,(H,32,34)/b9-6+. The van der Waals surface area contributed by atoms with Gasteiger partial charge in [-0.05, 0) is 47.7 Å². The van der Waals surface area contributed by atoms with E-state index in [1.807, 2.05) is 61.5 Å². The fraction of sp³-hybridized carbons (Fsp3) is 0.321. The molecule has 0 aliphatic rings. The van der Waals surface area contributed by atoms with Crippen LogP contribution in [0.4, 0.5) is 11.6 Å². The number of nitrogens with one attached hydrogen (secondary N) is 1. The van der Waals surface area contributed by atoms with E-state index in [0.717, 1.165) is 23.4 Å². The van der Waals surface area contributed by atoms with Crippen LogP contribution in [0, 0.1) is 5.92 Å². The maximum absolute atomic E-state index is 12.9. The van der Waals surface area contributed by atoms with Gasteiger partial charge in [-0.25, -0.2) is 19.7 Å². The summed E-state index contributed by atoms with van der Waals surface area (Å²) in [5, 5.41) is 3.26. The van der Waals surface area contributed by atoms with Crippen LogP contribution in [-0.4, -0.2) is 35.8 Å². The maximum atomic E-state index is 12.9. The normalized spacial score (nSPS) is 12.2. The van der Waals surface area contributed by atoms with Crippen LogP contribution in [0.25, 0.3) is 6.08 Å². The summed E-state index contributed by atoms with van der Waals surface area (Å²) in [5.41, 5.74) is 3.36. The van der Waals surface area contributed by atoms with Crippen molar-refractivity contribution in [3.63, 3.8) is 0 Å². The average Bonchev–Trinajstić information content (AvgIpc) is 2.88. The largest absolute Gasteiger partial charge is 0.324 e. The smallest absolute Gasteiger partial charge is 0.255 e. The van der Waals surface area contributed by atoms with Crippen molar-refractivity contribution in [1.82, 2.24) is 15.3 Å². The van der Waals surface area contributed by atoms with Gasteiger partial charge in [0.15, 0.2) is 6.23 Å². The molecule has 7 nitrogen and oxygen atoms in total. The first-order chi connectivity index (χ1) is 17.4. The molecule has 1 unspecified atom stereocenters. The minimum atomic E-state index is -0.671. The molecule has 1 N–H and O–H groups in total. The van der Waals surface area contributed by atoms with Gasteiger partial charge < -0.3 is 10.2 Å². The lowest BCUT2D eigenvalue weighted by Gasteiger charge is -2.24. The number of carbonyl (C=O) groups is 1. The van der Waals surface area contributed by atoms with E-state index in [2.05, 4.69) is 34.0 Å². The van der Waals surface area contributed by atoms with Crippen LogP contribution < -0.4 is 10.2 Å². The summed E-state index contributed by atoms with van der Waals surface area (Å²) < 4.78 is 0. The monoisotopic (exact) mass is 508 g/mol. The van der Waals surface area contributed by atoms with Crippen molar-refractivity contribution in [2.24, 2.45) is 5.92 Å². The van der Waals surface area contributed by atoms with E-state index in [1.54, 1.807) is 18.5 Å². The molecule has 3 rings (SSSR count). The summed E-state index contributed by atoms with van der Waals surface area (Å²) >= 11 is 6.29. The lowest BCUT2D eigenvalue weighted by molar-refractivity contribution is -0.307. The molecule has 1 aromatic heterocycles. The molecule has 8 heteroatoms. The number of rotatable bonds is 12. The molecule has 190 valence electrons. The van der Waals surface area contributed by atoms with E-state index in [1.165, 1.54) is 7.11 Å². The summed E-state index contributed by atoms with van der Waals surface area (Å²) in [4.78, 5) is 33.9. The summed E-state index contributed by atoms with van der Waals surface area (Å²) in [7, 11) is 1.41. The van der Waals surface area contributed by atoms with Gasteiger partial charge in [-0.15, -0.1) is 0 Å². The predicted molar refractivity (Wildman–Crippen MR) is 144 cm³/mol. The highest BCUT2D eigenvalue weighted by Gasteiger charge is 2.19. The van der Waals surface area contributed by atoms with Crippen molar-refractivity contribution in [2.75, 3.05) is 18.6 Å². The number of nitrogens with zero attached hydrogens (tertiary/aromatic N) is 3. The predicted octanol–water partition coefficient (Wildman–Crippen LogP) is 6.22. The van der Waals surface area contributed by atoms with Gasteiger partial charge in [0.25, 0.3) is 5.91 Å². The average molecular weight is 509 g/mol. The number of benzene rings is 2. The van der Waals surface area contributed by atoms with Crippen molar-refractivity contribution in [3.05, 3.63) is 88.7 Å². The molecule has 0 bridgehead atoms. The van der Waals surface area contributed by atoms with Crippen LogP contribution in [0.15, 0.2) is 67.0 Å². The van der Waals surface area contributed by atoms with Gasteiger partial charge in [-0.1, -0.05) is 68.8 Å². The Kier molecular flexibility index (Phi) is 10.4. The third kappa shape index (κ3) is 7.62. The van der Waals surface area contributed by atoms with Crippen LogP contribution in [0.5, 0.6) is 0 Å². The van der Waals surface area contributed by atoms with Gasteiger partial charge >= 0.3 is 0 Å². The van der Waals surface area contributed by atoms with Gasteiger partial charge in [0, 0.05) is 31.0 Å². The molecule has 0 saturated heterocycles. The summed E-state index contributed by atoms with van der Waals surface area (Å²) in [6.07, 6.45) is 7.83. The highest BCUT2D eigenvalue weighted by Crippen LogP contribution is 2.24. The van der Waals surface area contributed by atoms with Gasteiger partial charge in [0.2, 0.25) is 5.95 Å². The van der Waals surface area contributed by atoms with Crippen molar-refractivity contribution in [2.45, 2.75) is 39.8 Å². The minimum Gasteiger partial charge on any atom is -0.324 e. The number of aryl methyl sites for hydroxylation is 1. The van der Waals surface area contributed by atoms with Gasteiger partial charge in [0.1, 0.15) is 0 Å². The summed E-state index contributed by atoms with van der Waals surface area (Å²) in [6.45, 7) is 7.12. The van der Waals surface area contributed by atoms with E-state index in [4.69, 9.17) is 21.4 Å². The summed E-state index contributed by atoms with van der Waals surface area (Å²) in [5.74, 6) is 0.820. The fourth-order valence-electron chi connectivity index (χ4n) is 3.77. The quantitative estimate of drug-likeness (QED) is 0.178. The first-order valence-corrected chi connectivity index (χ1v) is 12.4. The maximum Gasteiger partial charge on any atom is 0.255 e. The molecular weight excluding hydrogens is 476 g/mol. The zero-order chi connectivity index (χ0) is 25.9. The van der Waals surface area contributed by atoms with E-state index in [9.17, 15) is 4.79 Å². The molecule has 1 atom stereocenters. The Balaban J connectivity index is 1.67. The Morgan fingerprint density at radius 1 is 1.11 bits per heavy atom. The van der Waals surface area contributed by atoms with Crippen molar-refractivity contribution >= 4 is 35.2 Å². The Labute approximate surface area is 218 Å². The number of hydrogen-bond acceptors (Lipinski definition) is 6. The van der Waals surface area contributed by atoms with Crippen molar-refractivity contribution < 1.29 is 14.6 Å². The van der Waals surface area contributed by atoms with E-state index < -0.39 is 6.23 Å². The molecule has 1 heterocycles. The van der Waals surface area contributed by atoms with Crippen LogP contribution in [-0.2, 0) is 16.2 Å². The Bertz CT molecular complexity index is 1140. The molecule has 0 aliphatic heterocycles. The fourth-order valence-corrected chi connectivity index (χ4v) is 4.05. The first-order valence-electron chi connectivity index (χ1n) is 12.0. The zero-order valence-electron chi connectivity index (χ0n) is 21.1. The molecule has 0 saturated carbocycles. The number of hydrogen-bond donors (Lipinski definition) is 1. The van der Waals surface area contributed by atoms with Crippen LogP contribution in [0.3, 0.4) is 0 Å². The number of halogens is 1. The van der Waals surface area contributed by atoms with Crippen molar-refractivity contribution in [3.8, 4) is 0 Å². The molecular formula is C28H33ClN4O3. The van der Waals surface area contributed by atoms with Gasteiger partial charge in [-0.3, -0.25) is 4.79 Å². The third-order valence-corrected chi connectivity index (χ3v) is 5.73. The van der Waals surface area contributed by atoms with Crippen molar-refractivity contribution in [1.29, 1.82) is 0 Å². The number of anilines is 2. The molecule has 1 amide bonds. The molecule has 36 heavy (non-hydrogen) atoms. The van der Waals surface area contributed by atoms with E-state index in [0.29, 0.717) is 35.3 Å². The van der Waals surface area contributed by atoms with Crippen LogP contribution >= 0.6 is 11.6 Å². The molecule has 0 fully saturated rings. The topological polar surface area (TPSA) is 76.6 Å². The Morgan fingerprint density at radius 2 is 1.83 bits per heavy atom. The SMILES string of the molecule is CCc1cccc(Cl)c1C(=O)NC(C/C=C/c1ccc(N(CC(C)C)c2ncccn2)cc1)OOC. The minimum absolute atomic E-state index is 0.300. The molecule has 3 aromatic rings. The lowest BCUT2D eigenvalue weighted by Crippen LogP contribution is -2.37. The Hall–Kier alpha value is -3.26. The highest BCUT2D eigenvalue weighted by molar-refractivity contribution is 6.34. The van der Waals surface area contributed by atoms with E-state index >= 15 is 0 Å². The molecule has 2 aromatic carbocycles. The number of aromatic nitrogens is 2. The second-order valence-corrected chi connectivity index (χ2v) is 9.04. The van der Waals surface area contributed by atoms with E-state index in [-0.39, 0.29) is 5.91 Å². The molecule has 0 spiro atoms. The number of amides is 1. The number of carbonyl (C=O) groups excluding carboxylic acids is 1. The summed E-state index contributed by atoms with van der Waals surface area (Å²) in [6, 6.07) is 15.4.